The average molecular weight is 193 g/mol. The van der Waals surface area contributed by atoms with Gasteiger partial charge in [0.25, 0.3) is 0 Å². The number of halogens is 3. The summed E-state index contributed by atoms with van der Waals surface area (Å²) >= 11 is 0. The molecule has 2 N–H and O–H groups in total. The Labute approximate surface area is 59.1 Å². The third kappa shape index (κ3) is 4.56. The van der Waals surface area contributed by atoms with E-state index in [1.54, 1.807) is 0 Å². The van der Waals surface area contributed by atoms with Crippen molar-refractivity contribution >= 4 is 16.2 Å². The molecule has 0 radical (unpaired) electrons. The van der Waals surface area contributed by atoms with Crippen LogP contribution >= 0.6 is 0 Å². The molecular formula is C2H2F3NO4S. The van der Waals surface area contributed by atoms with Gasteiger partial charge in [0.15, 0.2) is 0 Å². The highest BCUT2D eigenvalue weighted by atomic mass is 32.2. The molecule has 0 heterocycles. The van der Waals surface area contributed by atoms with Crippen LogP contribution in [0.2, 0.25) is 0 Å². The molecule has 0 aliphatic heterocycles. The van der Waals surface area contributed by atoms with Crippen LogP contribution in [0.25, 0.3) is 0 Å². The number of carbonyl (C=O) groups is 1. The summed E-state index contributed by atoms with van der Waals surface area (Å²) in [6.45, 7) is 0. The summed E-state index contributed by atoms with van der Waals surface area (Å²) in [6.07, 6.45) is -5.32. The van der Waals surface area contributed by atoms with Gasteiger partial charge < -0.3 is 0 Å². The van der Waals surface area contributed by atoms with Gasteiger partial charge in [0.2, 0.25) is 0 Å². The van der Waals surface area contributed by atoms with Crippen LogP contribution < -0.4 is 4.72 Å². The van der Waals surface area contributed by atoms with Crippen LogP contribution in [-0.2, 0) is 15.1 Å². The van der Waals surface area contributed by atoms with Crippen LogP contribution in [0, 0.1) is 0 Å². The Morgan fingerprint density at radius 1 is 1.36 bits per heavy atom. The molecule has 0 bridgehead atoms. The standard InChI is InChI=1S/C2H2F3NO4S/c3-2(4,5)1(7)6-11(8,9)10/h(H,6,7)(H,8,9,10). The first-order chi connectivity index (χ1) is 4.63. The van der Waals surface area contributed by atoms with Gasteiger partial charge in [0, 0.05) is 0 Å². The number of nitrogens with one attached hydrogen (secondary N) is 1. The maximum Gasteiger partial charge on any atom is 0.472 e. The molecule has 0 aliphatic rings. The monoisotopic (exact) mass is 193 g/mol. The number of hydrogen-bond donors (Lipinski definition) is 2. The van der Waals surface area contributed by atoms with Gasteiger partial charge in [0.05, 0.1) is 0 Å². The molecule has 0 unspecified atom stereocenters. The molecule has 11 heavy (non-hydrogen) atoms. The van der Waals surface area contributed by atoms with Gasteiger partial charge in [-0.15, -0.1) is 0 Å². The summed E-state index contributed by atoms with van der Waals surface area (Å²) in [5.74, 6) is -2.74. The molecule has 66 valence electrons. The highest BCUT2D eigenvalue weighted by Crippen LogP contribution is 2.14. The van der Waals surface area contributed by atoms with E-state index < -0.39 is 22.4 Å². The van der Waals surface area contributed by atoms with Crippen molar-refractivity contribution in [3.63, 3.8) is 0 Å². The minimum atomic E-state index is -5.32. The van der Waals surface area contributed by atoms with Crippen molar-refractivity contribution in [1.29, 1.82) is 0 Å². The predicted octanol–water partition coefficient (Wildman–Crippen LogP) is -0.532. The Balaban J connectivity index is 4.35. The molecule has 1 amide bonds. The summed E-state index contributed by atoms with van der Waals surface area (Å²) in [5, 5.41) is 0. The summed E-state index contributed by atoms with van der Waals surface area (Å²) in [7, 11) is -5.13. The van der Waals surface area contributed by atoms with Crippen LogP contribution in [0.4, 0.5) is 13.2 Å². The minimum absolute atomic E-state index is 0.323. The second kappa shape index (κ2) is 2.66. The zero-order valence-corrected chi connectivity index (χ0v) is 5.53. The number of carbonyl (C=O) groups excluding carboxylic acids is 1. The van der Waals surface area contributed by atoms with Gasteiger partial charge in [-0.05, 0) is 0 Å². The third-order valence-corrected chi connectivity index (χ3v) is 0.922. The van der Waals surface area contributed by atoms with E-state index in [2.05, 4.69) is 0 Å². The quantitative estimate of drug-likeness (QED) is 0.548. The van der Waals surface area contributed by atoms with E-state index in [-0.39, 0.29) is 0 Å². The molecule has 5 nitrogen and oxygen atoms in total. The van der Waals surface area contributed by atoms with E-state index in [0.717, 1.165) is 0 Å². The van der Waals surface area contributed by atoms with Gasteiger partial charge in [-0.3, -0.25) is 9.35 Å². The topological polar surface area (TPSA) is 83.5 Å². The molecule has 0 spiro atoms. The molecule has 0 saturated carbocycles. The molecule has 0 aromatic carbocycles. The summed E-state index contributed by atoms with van der Waals surface area (Å²) < 4.78 is 60.8. The average Bonchev–Trinajstić information content (AvgIpc) is 1.56. The Kier molecular flexibility index (Phi) is 2.46. The molecule has 0 saturated heterocycles. The Morgan fingerprint density at radius 2 is 1.73 bits per heavy atom. The zero-order chi connectivity index (χ0) is 9.28. The first-order valence-electron chi connectivity index (χ1n) is 1.99. The smallest absolute Gasteiger partial charge is 0.269 e. The van der Waals surface area contributed by atoms with Crippen LogP contribution in [-0.4, -0.2) is 25.1 Å². The number of rotatable bonds is 1. The van der Waals surface area contributed by atoms with E-state index in [0.29, 0.717) is 4.72 Å². The van der Waals surface area contributed by atoms with Crippen molar-refractivity contribution in [3.05, 3.63) is 0 Å². The van der Waals surface area contributed by atoms with Crippen LogP contribution in [0.3, 0.4) is 0 Å². The maximum absolute atomic E-state index is 11.2. The van der Waals surface area contributed by atoms with E-state index >= 15 is 0 Å². The third-order valence-electron chi connectivity index (χ3n) is 0.479. The molecule has 0 fully saturated rings. The van der Waals surface area contributed by atoms with Crippen LogP contribution in [0.15, 0.2) is 0 Å². The molecule has 0 aromatic heterocycles. The molecule has 0 aromatic rings. The van der Waals surface area contributed by atoms with Crippen LogP contribution in [0.1, 0.15) is 0 Å². The zero-order valence-electron chi connectivity index (χ0n) is 4.71. The Bertz CT molecular complexity index is 253. The van der Waals surface area contributed by atoms with Crippen molar-refractivity contribution in [2.24, 2.45) is 0 Å². The number of hydrogen-bond acceptors (Lipinski definition) is 3. The summed E-state index contributed by atoms with van der Waals surface area (Å²) in [5.41, 5.74) is 0. The van der Waals surface area contributed by atoms with Crippen molar-refractivity contribution < 1.29 is 30.9 Å². The molecule has 0 aliphatic carbocycles. The van der Waals surface area contributed by atoms with E-state index in [1.807, 2.05) is 0 Å². The van der Waals surface area contributed by atoms with E-state index in [9.17, 15) is 26.4 Å². The van der Waals surface area contributed by atoms with E-state index in [1.165, 1.54) is 0 Å². The molecule has 9 heteroatoms. The first-order valence-corrected chi connectivity index (χ1v) is 3.43. The lowest BCUT2D eigenvalue weighted by atomic mass is 10.6. The fraction of sp³-hybridized carbons (Fsp3) is 0.500. The van der Waals surface area contributed by atoms with Gasteiger partial charge in [-0.1, -0.05) is 0 Å². The summed E-state index contributed by atoms with van der Waals surface area (Å²) in [6, 6.07) is 0. The van der Waals surface area contributed by atoms with Crippen molar-refractivity contribution in [1.82, 2.24) is 4.72 Å². The maximum atomic E-state index is 11.2. The molecule has 0 atom stereocenters. The first kappa shape index (κ1) is 10.2. The minimum Gasteiger partial charge on any atom is -0.269 e. The van der Waals surface area contributed by atoms with Crippen molar-refractivity contribution in [2.45, 2.75) is 6.18 Å². The number of alkyl halides is 3. The molecular weight excluding hydrogens is 191 g/mol. The van der Waals surface area contributed by atoms with Gasteiger partial charge in [-0.2, -0.15) is 21.6 Å². The largest absolute Gasteiger partial charge is 0.472 e. The lowest BCUT2D eigenvalue weighted by molar-refractivity contribution is -0.171. The number of amides is 1. The normalized spacial score (nSPS) is 12.7. The summed E-state index contributed by atoms with van der Waals surface area (Å²) in [4.78, 5) is 9.70. The SMILES string of the molecule is O=C(NS(=O)(=O)O)C(F)(F)F. The Hall–Kier alpha value is -0.830. The fourth-order valence-electron chi connectivity index (χ4n) is 0.175. The molecule has 0 rings (SSSR count). The Morgan fingerprint density at radius 3 is 1.82 bits per heavy atom. The van der Waals surface area contributed by atoms with Gasteiger partial charge >= 0.3 is 22.4 Å². The lowest BCUT2D eigenvalue weighted by Crippen LogP contribution is -2.40. The highest BCUT2D eigenvalue weighted by Gasteiger charge is 2.40. The lowest BCUT2D eigenvalue weighted by Gasteiger charge is -2.03. The van der Waals surface area contributed by atoms with Crippen molar-refractivity contribution in [3.8, 4) is 0 Å². The fourth-order valence-corrected chi connectivity index (χ4v) is 0.525. The van der Waals surface area contributed by atoms with Gasteiger partial charge in [-0.25, -0.2) is 4.72 Å². The second-order valence-electron chi connectivity index (χ2n) is 1.40. The van der Waals surface area contributed by atoms with Gasteiger partial charge in [0.1, 0.15) is 0 Å². The highest BCUT2D eigenvalue weighted by molar-refractivity contribution is 7.84. The van der Waals surface area contributed by atoms with Crippen LogP contribution in [0.5, 0.6) is 0 Å². The van der Waals surface area contributed by atoms with Crippen molar-refractivity contribution in [2.75, 3.05) is 0 Å². The second-order valence-corrected chi connectivity index (χ2v) is 2.56. The predicted molar refractivity (Wildman–Crippen MR) is 25.7 cm³/mol. The van der Waals surface area contributed by atoms with E-state index in [4.69, 9.17) is 4.55 Å².